The molecule has 1 aliphatic carbocycles. The predicted molar refractivity (Wildman–Crippen MR) is 68.0 cm³/mol. The van der Waals surface area contributed by atoms with E-state index in [1.54, 1.807) is 6.07 Å². The highest BCUT2D eigenvalue weighted by Gasteiger charge is 2.35. The fraction of sp³-hybridized carbons (Fsp3) is 0.571. The first-order valence-electron chi connectivity index (χ1n) is 6.72. The van der Waals surface area contributed by atoms with Gasteiger partial charge in [-0.3, -0.25) is 0 Å². The van der Waals surface area contributed by atoms with Crippen molar-refractivity contribution in [1.29, 1.82) is 0 Å². The van der Waals surface area contributed by atoms with Crippen molar-refractivity contribution >= 4 is 0 Å². The molecule has 3 rings (SSSR count). The van der Waals surface area contributed by atoms with Gasteiger partial charge in [-0.15, -0.1) is 0 Å². The van der Waals surface area contributed by atoms with E-state index in [0.29, 0.717) is 17.9 Å². The van der Waals surface area contributed by atoms with Crippen LogP contribution in [0.3, 0.4) is 0 Å². The zero-order valence-electron chi connectivity index (χ0n) is 10.7. The van der Waals surface area contributed by atoms with Gasteiger partial charge in [0.1, 0.15) is 13.2 Å². The molecular formula is C14H18FNO3. The van der Waals surface area contributed by atoms with Crippen molar-refractivity contribution in [2.75, 3.05) is 13.2 Å². The molecule has 2 aliphatic rings. The van der Waals surface area contributed by atoms with Gasteiger partial charge in [-0.2, -0.15) is 4.39 Å². The molecule has 1 aromatic carbocycles. The summed E-state index contributed by atoms with van der Waals surface area (Å²) in [7, 11) is 0. The molecule has 19 heavy (non-hydrogen) atoms. The number of benzene rings is 1. The van der Waals surface area contributed by atoms with Crippen molar-refractivity contribution < 1.29 is 19.0 Å². The van der Waals surface area contributed by atoms with Gasteiger partial charge in [0.25, 0.3) is 0 Å². The van der Waals surface area contributed by atoms with E-state index in [9.17, 15) is 9.50 Å². The van der Waals surface area contributed by atoms with Gasteiger partial charge in [-0.05, 0) is 18.9 Å². The third-order valence-corrected chi connectivity index (χ3v) is 4.03. The first-order chi connectivity index (χ1) is 9.12. The molecule has 0 aromatic heterocycles. The molecule has 5 heteroatoms. The first kappa shape index (κ1) is 12.5. The van der Waals surface area contributed by atoms with Gasteiger partial charge >= 0.3 is 0 Å². The fourth-order valence-electron chi connectivity index (χ4n) is 2.97. The fourth-order valence-corrected chi connectivity index (χ4v) is 2.97. The largest absolute Gasteiger partial charge is 0.504 e. The van der Waals surface area contributed by atoms with E-state index in [-0.39, 0.29) is 12.4 Å². The monoisotopic (exact) mass is 267 g/mol. The Morgan fingerprint density at radius 2 is 1.84 bits per heavy atom. The van der Waals surface area contributed by atoms with Crippen LogP contribution in [0.4, 0.5) is 4.39 Å². The van der Waals surface area contributed by atoms with E-state index in [1.807, 2.05) is 0 Å². The minimum absolute atomic E-state index is 0.00749. The smallest absolute Gasteiger partial charge is 0.210 e. The molecule has 0 unspecified atom stereocenters. The molecule has 104 valence electrons. The van der Waals surface area contributed by atoms with Crippen molar-refractivity contribution in [3.63, 3.8) is 0 Å². The number of nitrogens with two attached hydrogens (primary N) is 1. The van der Waals surface area contributed by atoms with Crippen molar-refractivity contribution in [1.82, 2.24) is 0 Å². The molecule has 1 fully saturated rings. The molecule has 0 radical (unpaired) electrons. The van der Waals surface area contributed by atoms with Crippen LogP contribution in [0.1, 0.15) is 37.7 Å². The lowest BCUT2D eigenvalue weighted by Crippen LogP contribution is -2.39. The lowest BCUT2D eigenvalue weighted by molar-refractivity contribution is 0.161. The lowest BCUT2D eigenvalue weighted by atomic mass is 9.77. The van der Waals surface area contributed by atoms with E-state index >= 15 is 0 Å². The minimum atomic E-state index is -0.761. The summed E-state index contributed by atoms with van der Waals surface area (Å²) in [5.41, 5.74) is 6.13. The zero-order valence-corrected chi connectivity index (χ0v) is 10.7. The van der Waals surface area contributed by atoms with Crippen LogP contribution in [0.15, 0.2) is 6.07 Å². The number of phenols is 1. The van der Waals surface area contributed by atoms with Crippen molar-refractivity contribution in [2.45, 2.75) is 37.6 Å². The molecule has 0 spiro atoms. The summed E-state index contributed by atoms with van der Waals surface area (Å²) in [4.78, 5) is 0. The van der Waals surface area contributed by atoms with Crippen molar-refractivity contribution in [3.8, 4) is 17.2 Å². The highest BCUT2D eigenvalue weighted by atomic mass is 19.1. The quantitative estimate of drug-likeness (QED) is 0.820. The Morgan fingerprint density at radius 1 is 1.16 bits per heavy atom. The van der Waals surface area contributed by atoms with Gasteiger partial charge in [0.2, 0.25) is 11.6 Å². The number of hydrogen-bond acceptors (Lipinski definition) is 4. The number of aromatic hydroxyl groups is 1. The standard InChI is InChI=1S/C14H18FNO3/c15-11-12(17)9(14(16)4-2-1-3-5-14)8-10-13(11)19-7-6-18-10/h8,17H,1-7,16H2. The zero-order chi connectivity index (χ0) is 13.5. The third kappa shape index (κ3) is 2.02. The number of rotatable bonds is 1. The molecule has 1 heterocycles. The molecule has 4 nitrogen and oxygen atoms in total. The number of fused-ring (bicyclic) bond motifs is 1. The highest BCUT2D eigenvalue weighted by molar-refractivity contribution is 5.54. The summed E-state index contributed by atoms with van der Waals surface area (Å²) >= 11 is 0. The topological polar surface area (TPSA) is 64.7 Å². The number of halogens is 1. The average Bonchev–Trinajstić information content (AvgIpc) is 2.43. The predicted octanol–water partition coefficient (Wildman–Crippen LogP) is 2.42. The second-order valence-electron chi connectivity index (χ2n) is 5.33. The maximum atomic E-state index is 14.2. The van der Waals surface area contributed by atoms with Crippen LogP contribution in [0.25, 0.3) is 0 Å². The molecule has 0 saturated heterocycles. The lowest BCUT2D eigenvalue weighted by Gasteiger charge is -2.35. The molecule has 3 N–H and O–H groups in total. The molecule has 1 aliphatic heterocycles. The number of ether oxygens (including phenoxy) is 2. The summed E-state index contributed by atoms with van der Waals surface area (Å²) in [6.07, 6.45) is 4.62. The summed E-state index contributed by atoms with van der Waals surface area (Å²) in [5, 5.41) is 10.1. The Balaban J connectivity index is 2.08. The van der Waals surface area contributed by atoms with Gasteiger partial charge < -0.3 is 20.3 Å². The second kappa shape index (κ2) is 4.56. The van der Waals surface area contributed by atoms with Crippen LogP contribution in [0.5, 0.6) is 17.2 Å². The van der Waals surface area contributed by atoms with E-state index in [2.05, 4.69) is 0 Å². The number of hydrogen-bond donors (Lipinski definition) is 2. The molecular weight excluding hydrogens is 249 g/mol. The van der Waals surface area contributed by atoms with Gasteiger partial charge in [0, 0.05) is 11.1 Å². The maximum Gasteiger partial charge on any atom is 0.210 e. The Morgan fingerprint density at radius 3 is 2.58 bits per heavy atom. The van der Waals surface area contributed by atoms with Crippen LogP contribution in [0.2, 0.25) is 0 Å². The van der Waals surface area contributed by atoms with E-state index < -0.39 is 17.1 Å². The Hall–Kier alpha value is -1.49. The number of phenolic OH excluding ortho intramolecular Hbond substituents is 1. The molecule has 0 atom stereocenters. The van der Waals surface area contributed by atoms with Crippen LogP contribution < -0.4 is 15.2 Å². The summed E-state index contributed by atoms with van der Waals surface area (Å²) in [6, 6.07) is 1.64. The van der Waals surface area contributed by atoms with Crippen LogP contribution in [0, 0.1) is 5.82 Å². The Kier molecular flexibility index (Phi) is 3.01. The van der Waals surface area contributed by atoms with Crippen LogP contribution in [-0.4, -0.2) is 18.3 Å². The molecule has 1 aromatic rings. The van der Waals surface area contributed by atoms with Gasteiger partial charge in [0.05, 0.1) is 0 Å². The van der Waals surface area contributed by atoms with Crippen molar-refractivity contribution in [3.05, 3.63) is 17.4 Å². The highest BCUT2D eigenvalue weighted by Crippen LogP contribution is 2.46. The molecule has 0 bridgehead atoms. The minimum Gasteiger partial charge on any atom is -0.504 e. The third-order valence-electron chi connectivity index (χ3n) is 4.03. The second-order valence-corrected chi connectivity index (χ2v) is 5.33. The SMILES string of the molecule is NC1(c2cc3c(c(F)c2O)OCCO3)CCCCC1. The van der Waals surface area contributed by atoms with Gasteiger partial charge in [-0.25, -0.2) is 0 Å². The van der Waals surface area contributed by atoms with Gasteiger partial charge in [-0.1, -0.05) is 19.3 Å². The normalized spacial score (nSPS) is 21.2. The van der Waals surface area contributed by atoms with E-state index in [4.69, 9.17) is 15.2 Å². The van der Waals surface area contributed by atoms with E-state index in [1.165, 1.54) is 0 Å². The van der Waals surface area contributed by atoms with Crippen LogP contribution >= 0.6 is 0 Å². The van der Waals surface area contributed by atoms with Crippen LogP contribution in [-0.2, 0) is 5.54 Å². The average molecular weight is 267 g/mol. The first-order valence-corrected chi connectivity index (χ1v) is 6.72. The summed E-state index contributed by atoms with van der Waals surface area (Å²) in [5.74, 6) is -0.824. The Bertz CT molecular complexity index is 498. The Labute approximate surface area is 111 Å². The van der Waals surface area contributed by atoms with Crippen molar-refractivity contribution in [2.24, 2.45) is 5.73 Å². The summed E-state index contributed by atoms with van der Waals surface area (Å²) < 4.78 is 24.8. The molecule has 0 amide bonds. The van der Waals surface area contributed by atoms with Gasteiger partial charge in [0.15, 0.2) is 11.5 Å². The summed E-state index contributed by atoms with van der Waals surface area (Å²) in [6.45, 7) is 0.671. The van der Waals surface area contributed by atoms with E-state index in [0.717, 1.165) is 32.1 Å². The molecule has 1 saturated carbocycles. The maximum absolute atomic E-state index is 14.2.